The second kappa shape index (κ2) is 7.64. The SMILES string of the molecule is O=S(=O)(CCSC[C@@H](O)c1ccccc1)c1ccccc1. The van der Waals surface area contributed by atoms with Gasteiger partial charge in [0.15, 0.2) is 9.84 Å². The lowest BCUT2D eigenvalue weighted by Crippen LogP contribution is -2.10. The summed E-state index contributed by atoms with van der Waals surface area (Å²) in [6, 6.07) is 17.8. The number of aliphatic hydroxyl groups is 1. The van der Waals surface area contributed by atoms with Crippen molar-refractivity contribution < 1.29 is 13.5 Å². The topological polar surface area (TPSA) is 54.4 Å². The third-order valence-electron chi connectivity index (χ3n) is 3.06. The van der Waals surface area contributed by atoms with Crippen LogP contribution in [0.25, 0.3) is 0 Å². The predicted octanol–water partition coefficient (Wildman–Crippen LogP) is 2.93. The van der Waals surface area contributed by atoms with Crippen molar-refractivity contribution in [2.75, 3.05) is 17.3 Å². The maximum atomic E-state index is 12.1. The van der Waals surface area contributed by atoms with Crippen LogP contribution in [0.15, 0.2) is 65.6 Å². The highest BCUT2D eigenvalue weighted by Gasteiger charge is 2.14. The number of hydrogen-bond acceptors (Lipinski definition) is 4. The Labute approximate surface area is 129 Å². The van der Waals surface area contributed by atoms with Gasteiger partial charge in [0, 0.05) is 11.5 Å². The van der Waals surface area contributed by atoms with Crippen molar-refractivity contribution >= 4 is 21.6 Å². The van der Waals surface area contributed by atoms with Crippen LogP contribution in [-0.4, -0.2) is 30.8 Å². The van der Waals surface area contributed by atoms with E-state index in [2.05, 4.69) is 0 Å². The normalized spacial score (nSPS) is 13.0. The molecule has 1 N–H and O–H groups in total. The molecule has 112 valence electrons. The van der Waals surface area contributed by atoms with Gasteiger partial charge in [-0.25, -0.2) is 8.42 Å². The molecule has 0 aromatic heterocycles. The first kappa shape index (κ1) is 16.1. The number of benzene rings is 2. The first-order chi connectivity index (χ1) is 10.1. The Morgan fingerprint density at radius 1 is 0.952 bits per heavy atom. The molecule has 2 aromatic carbocycles. The van der Waals surface area contributed by atoms with E-state index in [1.807, 2.05) is 30.3 Å². The number of thioether (sulfide) groups is 1. The Balaban J connectivity index is 1.80. The highest BCUT2D eigenvalue weighted by atomic mass is 32.2. The molecule has 0 saturated carbocycles. The molecule has 0 aliphatic carbocycles. The van der Waals surface area contributed by atoms with E-state index in [4.69, 9.17) is 0 Å². The Hall–Kier alpha value is -1.30. The average molecular weight is 322 g/mol. The quantitative estimate of drug-likeness (QED) is 0.796. The van der Waals surface area contributed by atoms with Gasteiger partial charge in [-0.05, 0) is 17.7 Å². The van der Waals surface area contributed by atoms with Crippen LogP contribution >= 0.6 is 11.8 Å². The molecule has 0 aliphatic rings. The third kappa shape index (κ3) is 4.88. The lowest BCUT2D eigenvalue weighted by molar-refractivity contribution is 0.204. The molecule has 0 fully saturated rings. The first-order valence-electron chi connectivity index (χ1n) is 6.68. The van der Waals surface area contributed by atoms with Crippen LogP contribution in [0, 0.1) is 0 Å². The van der Waals surface area contributed by atoms with Crippen LogP contribution in [-0.2, 0) is 9.84 Å². The molecule has 0 bridgehead atoms. The van der Waals surface area contributed by atoms with Gasteiger partial charge < -0.3 is 5.11 Å². The molecule has 0 radical (unpaired) electrons. The van der Waals surface area contributed by atoms with Crippen molar-refractivity contribution in [3.05, 3.63) is 66.2 Å². The number of sulfone groups is 1. The third-order valence-corrected chi connectivity index (χ3v) is 6.09. The van der Waals surface area contributed by atoms with Crippen LogP contribution in [0.3, 0.4) is 0 Å². The van der Waals surface area contributed by atoms with Gasteiger partial charge >= 0.3 is 0 Å². The minimum Gasteiger partial charge on any atom is -0.388 e. The summed E-state index contributed by atoms with van der Waals surface area (Å²) in [6.07, 6.45) is -0.560. The van der Waals surface area contributed by atoms with E-state index >= 15 is 0 Å². The van der Waals surface area contributed by atoms with Gasteiger partial charge in [0.2, 0.25) is 0 Å². The highest BCUT2D eigenvalue weighted by Crippen LogP contribution is 2.19. The van der Waals surface area contributed by atoms with Crippen LogP contribution in [0.4, 0.5) is 0 Å². The van der Waals surface area contributed by atoms with Gasteiger partial charge in [0.05, 0.1) is 16.8 Å². The summed E-state index contributed by atoms with van der Waals surface area (Å²) < 4.78 is 24.1. The average Bonchev–Trinajstić information content (AvgIpc) is 2.53. The molecule has 21 heavy (non-hydrogen) atoms. The van der Waals surface area contributed by atoms with Crippen LogP contribution in [0.2, 0.25) is 0 Å². The standard InChI is InChI=1S/C16H18O3S2/c17-16(14-7-3-1-4-8-14)13-20-11-12-21(18,19)15-9-5-2-6-10-15/h1-10,16-17H,11-13H2/t16-/m1/s1. The molecule has 5 heteroatoms. The fraction of sp³-hybridized carbons (Fsp3) is 0.250. The molecule has 2 aromatic rings. The van der Waals surface area contributed by atoms with Crippen molar-refractivity contribution in [1.29, 1.82) is 0 Å². The van der Waals surface area contributed by atoms with Gasteiger partial charge in [0.25, 0.3) is 0 Å². The molecule has 0 saturated heterocycles. The second-order valence-electron chi connectivity index (χ2n) is 4.63. The Morgan fingerprint density at radius 2 is 1.52 bits per heavy atom. The predicted molar refractivity (Wildman–Crippen MR) is 87.2 cm³/mol. The summed E-state index contributed by atoms with van der Waals surface area (Å²) in [7, 11) is -3.23. The number of aliphatic hydroxyl groups excluding tert-OH is 1. The summed E-state index contributed by atoms with van der Waals surface area (Å²) in [6.45, 7) is 0. The molecule has 0 spiro atoms. The van der Waals surface area contributed by atoms with Gasteiger partial charge in [-0.1, -0.05) is 48.5 Å². The molecule has 0 heterocycles. The summed E-state index contributed by atoms with van der Waals surface area (Å²) in [4.78, 5) is 0.356. The monoisotopic (exact) mass is 322 g/mol. The van der Waals surface area contributed by atoms with Crippen molar-refractivity contribution in [3.63, 3.8) is 0 Å². The van der Waals surface area contributed by atoms with Gasteiger partial charge in [-0.2, -0.15) is 11.8 Å². The second-order valence-corrected chi connectivity index (χ2v) is 7.89. The Kier molecular flexibility index (Phi) is 5.85. The highest BCUT2D eigenvalue weighted by molar-refractivity contribution is 8.00. The van der Waals surface area contributed by atoms with E-state index in [0.29, 0.717) is 16.4 Å². The molecule has 0 unspecified atom stereocenters. The molecule has 0 aliphatic heterocycles. The van der Waals surface area contributed by atoms with Crippen LogP contribution < -0.4 is 0 Å². The van der Waals surface area contributed by atoms with Gasteiger partial charge in [-0.15, -0.1) is 0 Å². The van der Waals surface area contributed by atoms with E-state index < -0.39 is 15.9 Å². The largest absolute Gasteiger partial charge is 0.388 e. The smallest absolute Gasteiger partial charge is 0.179 e. The fourth-order valence-corrected chi connectivity index (χ4v) is 4.62. The van der Waals surface area contributed by atoms with E-state index in [1.165, 1.54) is 11.8 Å². The summed E-state index contributed by atoms with van der Waals surface area (Å²) in [5, 5.41) is 10.00. The molecule has 0 amide bonds. The van der Waals surface area contributed by atoms with E-state index in [1.54, 1.807) is 30.3 Å². The molecule has 1 atom stereocenters. The maximum absolute atomic E-state index is 12.1. The summed E-state index contributed by atoms with van der Waals surface area (Å²) in [5.74, 6) is 1.05. The zero-order valence-corrected chi connectivity index (χ0v) is 13.2. The van der Waals surface area contributed by atoms with Crippen molar-refractivity contribution in [1.82, 2.24) is 0 Å². The van der Waals surface area contributed by atoms with Gasteiger partial charge in [-0.3, -0.25) is 0 Å². The van der Waals surface area contributed by atoms with Gasteiger partial charge in [0.1, 0.15) is 0 Å². The molecule has 2 rings (SSSR count). The lowest BCUT2D eigenvalue weighted by Gasteiger charge is -2.10. The van der Waals surface area contributed by atoms with Crippen molar-refractivity contribution in [2.45, 2.75) is 11.0 Å². The first-order valence-corrected chi connectivity index (χ1v) is 9.49. The lowest BCUT2D eigenvalue weighted by atomic mass is 10.1. The maximum Gasteiger partial charge on any atom is 0.179 e. The minimum absolute atomic E-state index is 0.0865. The van der Waals surface area contributed by atoms with E-state index in [9.17, 15) is 13.5 Å². The van der Waals surface area contributed by atoms with Crippen molar-refractivity contribution in [3.8, 4) is 0 Å². The summed E-state index contributed by atoms with van der Waals surface area (Å²) in [5.41, 5.74) is 0.857. The molecule has 3 nitrogen and oxygen atoms in total. The summed E-state index contributed by atoms with van der Waals surface area (Å²) >= 11 is 1.45. The number of rotatable bonds is 7. The zero-order chi connectivity index (χ0) is 15.1. The number of hydrogen-bond donors (Lipinski definition) is 1. The zero-order valence-electron chi connectivity index (χ0n) is 11.6. The molecular formula is C16H18O3S2. The fourth-order valence-electron chi connectivity index (χ4n) is 1.88. The Morgan fingerprint density at radius 3 is 2.14 bits per heavy atom. The Bertz CT molecular complexity index is 640. The van der Waals surface area contributed by atoms with E-state index in [0.717, 1.165) is 5.56 Å². The molecular weight excluding hydrogens is 304 g/mol. The van der Waals surface area contributed by atoms with Crippen LogP contribution in [0.5, 0.6) is 0 Å². The van der Waals surface area contributed by atoms with E-state index in [-0.39, 0.29) is 5.75 Å². The minimum atomic E-state index is -3.23. The van der Waals surface area contributed by atoms with Crippen molar-refractivity contribution in [2.24, 2.45) is 0 Å². The van der Waals surface area contributed by atoms with Crippen LogP contribution in [0.1, 0.15) is 11.7 Å².